The molecule has 0 spiro atoms. The Morgan fingerprint density at radius 3 is 1.79 bits per heavy atom. The normalized spacial score (nSPS) is 9.79. The molecule has 0 aromatic heterocycles. The molecule has 0 heterocycles. The number of allylic oxidation sites excluding steroid dienone is 1. The summed E-state index contributed by atoms with van der Waals surface area (Å²) in [6, 6.07) is 24.7. The quantitative estimate of drug-likeness (QED) is 0.159. The molecule has 0 aliphatic carbocycles. The van der Waals surface area contributed by atoms with Gasteiger partial charge in [-0.25, -0.2) is 0 Å². The van der Waals surface area contributed by atoms with Crippen LogP contribution in [0.15, 0.2) is 91.5 Å². The van der Waals surface area contributed by atoms with E-state index in [9.17, 15) is 0 Å². The van der Waals surface area contributed by atoms with Gasteiger partial charge in [0.1, 0.15) is 0 Å². The summed E-state index contributed by atoms with van der Waals surface area (Å²) in [6.07, 6.45) is 6.48. The van der Waals surface area contributed by atoms with Gasteiger partial charge >= 0.3 is 0 Å². The summed E-state index contributed by atoms with van der Waals surface area (Å²) in [5.74, 6) is 6.53. The first-order valence-corrected chi connectivity index (χ1v) is 16.1. The van der Waals surface area contributed by atoms with E-state index in [0.29, 0.717) is 11.1 Å². The summed E-state index contributed by atoms with van der Waals surface area (Å²) in [7, 11) is 0. The molecule has 3 aromatic carbocycles. The van der Waals surface area contributed by atoms with Crippen LogP contribution < -0.4 is 5.73 Å². The molecule has 1 nitrogen and oxygen atoms in total. The SMILES string of the molecule is C=C(C)CCC(=S)CCC(C)(C)C.C=C(N)c1ccc(CC)cc1.CC.CCc1ccccc1C#Cc1ccccc1C. The van der Waals surface area contributed by atoms with E-state index in [-0.39, 0.29) is 0 Å². The number of benzene rings is 3. The fourth-order valence-corrected chi connectivity index (χ4v) is 3.95. The van der Waals surface area contributed by atoms with E-state index >= 15 is 0 Å². The average Bonchev–Trinajstić information content (AvgIpc) is 3.00. The van der Waals surface area contributed by atoms with Crippen LogP contribution in [0.5, 0.6) is 0 Å². The third-order valence-electron chi connectivity index (χ3n) is 6.59. The number of aryl methyl sites for hydroxylation is 3. The zero-order valence-corrected chi connectivity index (χ0v) is 29.4. The molecule has 0 bridgehead atoms. The molecule has 0 amide bonds. The van der Waals surface area contributed by atoms with Crippen molar-refractivity contribution in [3.05, 3.63) is 125 Å². The number of hydrogen-bond acceptors (Lipinski definition) is 2. The van der Waals surface area contributed by atoms with Crippen LogP contribution in [0, 0.1) is 24.2 Å². The Hall–Kier alpha value is -3.41. The maximum atomic E-state index is 5.51. The lowest BCUT2D eigenvalue weighted by atomic mass is 9.89. The van der Waals surface area contributed by atoms with Crippen LogP contribution in [0.25, 0.3) is 5.70 Å². The minimum absolute atomic E-state index is 0.410. The summed E-state index contributed by atoms with van der Waals surface area (Å²) in [5, 5.41) is 0. The lowest BCUT2D eigenvalue weighted by molar-refractivity contribution is 0.386. The second kappa shape index (κ2) is 22.2. The van der Waals surface area contributed by atoms with Crippen molar-refractivity contribution in [2.24, 2.45) is 11.1 Å². The van der Waals surface area contributed by atoms with Gasteiger partial charge in [-0.05, 0) is 97.0 Å². The van der Waals surface area contributed by atoms with E-state index < -0.39 is 0 Å². The summed E-state index contributed by atoms with van der Waals surface area (Å²) >= 11 is 5.30. The van der Waals surface area contributed by atoms with Crippen molar-refractivity contribution in [1.82, 2.24) is 0 Å². The molecular formula is C41H57NS. The van der Waals surface area contributed by atoms with Gasteiger partial charge in [-0.3, -0.25) is 0 Å². The van der Waals surface area contributed by atoms with Crippen LogP contribution in [-0.4, -0.2) is 4.86 Å². The first-order chi connectivity index (χ1) is 20.4. The zero-order chi connectivity index (χ0) is 32.8. The van der Waals surface area contributed by atoms with Crippen molar-refractivity contribution in [1.29, 1.82) is 0 Å². The predicted octanol–water partition coefficient (Wildman–Crippen LogP) is 11.7. The van der Waals surface area contributed by atoms with E-state index in [0.717, 1.165) is 48.8 Å². The van der Waals surface area contributed by atoms with Crippen LogP contribution in [0.2, 0.25) is 0 Å². The highest BCUT2D eigenvalue weighted by atomic mass is 32.1. The third kappa shape index (κ3) is 18.7. The Labute approximate surface area is 270 Å². The number of hydrogen-bond donors (Lipinski definition) is 1. The van der Waals surface area contributed by atoms with Crippen molar-refractivity contribution in [3.8, 4) is 11.8 Å². The molecule has 0 fully saturated rings. The monoisotopic (exact) mass is 595 g/mol. The van der Waals surface area contributed by atoms with Gasteiger partial charge in [-0.15, -0.1) is 6.58 Å². The van der Waals surface area contributed by atoms with E-state index in [1.165, 1.54) is 33.5 Å². The van der Waals surface area contributed by atoms with Crippen LogP contribution in [-0.2, 0) is 12.8 Å². The smallest absolute Gasteiger partial charge is 0.0314 e. The summed E-state index contributed by atoms with van der Waals surface area (Å²) in [4.78, 5) is 1.21. The highest BCUT2D eigenvalue weighted by Crippen LogP contribution is 2.22. The summed E-state index contributed by atoms with van der Waals surface area (Å²) in [6.45, 7) is 26.8. The largest absolute Gasteiger partial charge is 0.399 e. The highest BCUT2D eigenvalue weighted by molar-refractivity contribution is 7.80. The molecule has 0 radical (unpaired) electrons. The Morgan fingerprint density at radius 1 is 0.767 bits per heavy atom. The molecule has 0 aliphatic heterocycles. The molecule has 0 saturated heterocycles. The standard InChI is InChI=1S/C17H16.C12H22S.C10H13N.C2H6/c1-3-15-9-6-7-11-17(15)13-12-16-10-5-4-8-14(16)2;1-10(2)6-7-11(13)8-9-12(3,4)5;1-3-9-4-6-10(7-5-9)8(2)11;1-2/h4-11H,3H2,1-2H3;1,6-9H2,2-5H3;4-7H,2-3,11H2,1H3;1-2H3. The highest BCUT2D eigenvalue weighted by Gasteiger charge is 2.10. The van der Waals surface area contributed by atoms with Crippen LogP contribution in [0.1, 0.15) is 114 Å². The van der Waals surface area contributed by atoms with Crippen LogP contribution in [0.3, 0.4) is 0 Å². The van der Waals surface area contributed by atoms with Gasteiger partial charge in [0, 0.05) is 16.8 Å². The maximum Gasteiger partial charge on any atom is 0.0314 e. The second-order valence-electron chi connectivity index (χ2n) is 11.7. The van der Waals surface area contributed by atoms with Crippen molar-refractivity contribution in [2.75, 3.05) is 0 Å². The Kier molecular flexibility index (Phi) is 20.4. The fraction of sp³-hybridized carbons (Fsp3) is 0.390. The van der Waals surface area contributed by atoms with E-state index in [1.54, 1.807) is 0 Å². The van der Waals surface area contributed by atoms with Gasteiger partial charge in [-0.1, -0.05) is 145 Å². The lowest BCUT2D eigenvalue weighted by Gasteiger charge is -2.17. The molecule has 43 heavy (non-hydrogen) atoms. The molecular weight excluding hydrogens is 539 g/mol. The third-order valence-corrected chi connectivity index (χ3v) is 7.00. The van der Waals surface area contributed by atoms with E-state index in [4.69, 9.17) is 18.0 Å². The first kappa shape index (κ1) is 39.6. The summed E-state index contributed by atoms with van der Waals surface area (Å²) < 4.78 is 0. The molecule has 3 rings (SSSR count). The number of thiocarbonyl (C=S) groups is 1. The Balaban J connectivity index is 0.000000613. The first-order valence-electron chi connectivity index (χ1n) is 15.7. The number of rotatable bonds is 8. The van der Waals surface area contributed by atoms with Gasteiger partial charge in [0.2, 0.25) is 0 Å². The fourth-order valence-electron chi connectivity index (χ4n) is 3.75. The second-order valence-corrected chi connectivity index (χ2v) is 12.3. The number of nitrogens with two attached hydrogens (primary N) is 1. The van der Waals surface area contributed by atoms with Gasteiger partial charge in [0.15, 0.2) is 0 Å². The molecule has 0 unspecified atom stereocenters. The molecule has 0 aliphatic rings. The minimum Gasteiger partial charge on any atom is -0.399 e. The van der Waals surface area contributed by atoms with Crippen molar-refractivity contribution >= 4 is 22.8 Å². The Morgan fingerprint density at radius 2 is 1.30 bits per heavy atom. The maximum absolute atomic E-state index is 5.51. The van der Waals surface area contributed by atoms with E-state index in [2.05, 4.69) is 116 Å². The van der Waals surface area contributed by atoms with Gasteiger partial charge in [0.05, 0.1) is 0 Å². The van der Waals surface area contributed by atoms with Crippen LogP contribution in [0.4, 0.5) is 0 Å². The van der Waals surface area contributed by atoms with Gasteiger partial charge in [-0.2, -0.15) is 0 Å². The van der Waals surface area contributed by atoms with E-state index in [1.807, 2.05) is 44.2 Å². The minimum atomic E-state index is 0.410. The molecule has 0 saturated carbocycles. The molecule has 2 heteroatoms. The zero-order valence-electron chi connectivity index (χ0n) is 28.6. The van der Waals surface area contributed by atoms with Crippen LogP contribution >= 0.6 is 12.2 Å². The van der Waals surface area contributed by atoms with Crippen molar-refractivity contribution in [3.63, 3.8) is 0 Å². The predicted molar refractivity (Wildman–Crippen MR) is 199 cm³/mol. The average molecular weight is 596 g/mol. The Bertz CT molecular complexity index is 1310. The molecule has 0 atom stereocenters. The van der Waals surface area contributed by atoms with Crippen molar-refractivity contribution in [2.45, 2.75) is 101 Å². The topological polar surface area (TPSA) is 26.0 Å². The molecule has 2 N–H and O–H groups in total. The van der Waals surface area contributed by atoms with Crippen molar-refractivity contribution < 1.29 is 0 Å². The summed E-state index contributed by atoms with van der Waals surface area (Å²) in [5.41, 5.74) is 14.9. The molecule has 232 valence electrons. The lowest BCUT2D eigenvalue weighted by Crippen LogP contribution is -2.07. The van der Waals surface area contributed by atoms with Gasteiger partial charge < -0.3 is 5.73 Å². The van der Waals surface area contributed by atoms with Gasteiger partial charge in [0.25, 0.3) is 0 Å². The molecule has 3 aromatic rings.